The number of fused-ring (bicyclic) bond motifs is 6. The second kappa shape index (κ2) is 14.7. The van der Waals surface area contributed by atoms with Crippen molar-refractivity contribution in [2.24, 2.45) is 5.92 Å². The molecule has 1 saturated heterocycles. The van der Waals surface area contributed by atoms with Gasteiger partial charge in [-0.25, -0.2) is 4.98 Å². The average molecular weight is 739 g/mol. The second-order valence-corrected chi connectivity index (χ2v) is 11.8. The Labute approximate surface area is 288 Å². The zero-order valence-corrected chi connectivity index (χ0v) is 26.9. The molecule has 0 radical (unpaired) electrons. The van der Waals surface area contributed by atoms with Crippen molar-refractivity contribution in [3.05, 3.63) is 76.5 Å². The number of aromatic nitrogens is 4. The molecule has 0 atom stereocenters. The molecule has 3 N–H and O–H groups in total. The van der Waals surface area contributed by atoms with E-state index in [4.69, 9.17) is 16.1 Å². The minimum Gasteiger partial charge on any atom is -0.361 e. The highest BCUT2D eigenvalue weighted by Crippen LogP contribution is 2.30. The summed E-state index contributed by atoms with van der Waals surface area (Å²) < 4.78 is 71.9. The van der Waals surface area contributed by atoms with Crippen LogP contribution in [0.1, 0.15) is 33.8 Å². The zero-order valence-electron chi connectivity index (χ0n) is 26.2. The van der Waals surface area contributed by atoms with Crippen LogP contribution >= 0.6 is 11.6 Å². The Morgan fingerprint density at radius 2 is 1.65 bits per heavy atom. The lowest BCUT2D eigenvalue weighted by Crippen LogP contribution is -2.51. The molecular formula is C31H25ClF6N8O5. The Morgan fingerprint density at radius 1 is 0.941 bits per heavy atom. The number of Topliss-reactive ketones (excluding diaryl/α,β-unsaturated/α-hetero) is 2. The van der Waals surface area contributed by atoms with Crippen molar-refractivity contribution in [3.63, 3.8) is 0 Å². The van der Waals surface area contributed by atoms with Crippen LogP contribution in [-0.4, -0.2) is 73.8 Å². The number of hydrogen-bond donors (Lipinski definition) is 3. The summed E-state index contributed by atoms with van der Waals surface area (Å²) >= 11 is 6.35. The van der Waals surface area contributed by atoms with Gasteiger partial charge in [0.05, 0.1) is 18.1 Å². The number of ketones is 2. The Morgan fingerprint density at radius 3 is 2.29 bits per heavy atom. The van der Waals surface area contributed by atoms with E-state index >= 15 is 0 Å². The SMILES string of the molecule is Cc1cc(C(=O)N2CC(CC(=O)Nc3ccc4cc3CCc3cncc(c3)Nc3ncc(Cl)c(n3)N4)C2)no1.O=C(C(=O)C(F)(F)F)C(F)(F)F. The Bertz CT molecular complexity index is 1960. The van der Waals surface area contributed by atoms with Crippen molar-refractivity contribution < 1.29 is 50.0 Å². The Kier molecular flexibility index (Phi) is 10.6. The quantitative estimate of drug-likeness (QED) is 0.168. The molecule has 6 bridgehead atoms. The largest absolute Gasteiger partial charge is 0.458 e. The van der Waals surface area contributed by atoms with Crippen molar-refractivity contribution >= 4 is 63.8 Å². The third-order valence-corrected chi connectivity index (χ3v) is 7.68. The number of rotatable bonds is 5. The number of aryl methyl sites for hydroxylation is 3. The first kappa shape index (κ1) is 36.7. The Hall–Kier alpha value is -5.59. The molecule has 0 aliphatic carbocycles. The zero-order chi connectivity index (χ0) is 37.1. The highest BCUT2D eigenvalue weighted by Gasteiger charge is 2.54. The van der Waals surface area contributed by atoms with Gasteiger partial charge < -0.3 is 25.4 Å². The molecule has 2 aliphatic rings. The summed E-state index contributed by atoms with van der Waals surface area (Å²) in [6.45, 7) is 2.76. The van der Waals surface area contributed by atoms with E-state index in [9.17, 15) is 45.5 Å². The van der Waals surface area contributed by atoms with Gasteiger partial charge in [-0.05, 0) is 55.2 Å². The molecule has 4 aromatic rings. The lowest BCUT2D eigenvalue weighted by atomic mass is 9.95. The standard InChI is InChI=1S/C27H25ClN8O3.C4F6O2/c1-15-6-23(35-39-15)26(38)36-13-17(14-36)8-24(37)33-22-5-4-19-9-18(22)3-2-16-7-20(11-29-10-16)32-27-30-12-21(28)25(31-19)34-27;5-3(6,7)1(11)2(12)4(8,9)10/h4-7,9-12,17H,2-3,8,13-14H2,1H3,(H,33,37)(H2,30,31,32,34);. The number of nitrogens with zero attached hydrogens (tertiary/aromatic N) is 5. The van der Waals surface area contributed by atoms with Crippen molar-refractivity contribution in [1.82, 2.24) is 25.0 Å². The van der Waals surface area contributed by atoms with Crippen LogP contribution in [0.2, 0.25) is 5.02 Å². The summed E-state index contributed by atoms with van der Waals surface area (Å²) in [5.74, 6) is -5.55. The van der Waals surface area contributed by atoms with Crippen molar-refractivity contribution in [1.29, 1.82) is 0 Å². The van der Waals surface area contributed by atoms with Gasteiger partial charge in [0, 0.05) is 49.1 Å². The summed E-state index contributed by atoms with van der Waals surface area (Å²) in [4.78, 5) is 59.4. The monoisotopic (exact) mass is 738 g/mol. The van der Waals surface area contributed by atoms with E-state index < -0.39 is 23.9 Å². The van der Waals surface area contributed by atoms with E-state index in [1.165, 1.54) is 6.20 Å². The summed E-state index contributed by atoms with van der Waals surface area (Å²) in [6, 6.07) is 9.35. The molecule has 6 rings (SSSR count). The van der Waals surface area contributed by atoms with Gasteiger partial charge in [-0.15, -0.1) is 0 Å². The fourth-order valence-electron chi connectivity index (χ4n) is 4.97. The topological polar surface area (TPSA) is 172 Å². The van der Waals surface area contributed by atoms with E-state index in [-0.39, 0.29) is 17.7 Å². The van der Waals surface area contributed by atoms with E-state index in [0.717, 1.165) is 34.6 Å². The molecule has 0 spiro atoms. The van der Waals surface area contributed by atoms with Crippen molar-refractivity contribution in [2.75, 3.05) is 29.0 Å². The molecule has 1 fully saturated rings. The number of carbonyl (C=O) groups is 4. The van der Waals surface area contributed by atoms with Gasteiger partial charge >= 0.3 is 23.9 Å². The normalized spacial score (nSPS) is 14.2. The van der Waals surface area contributed by atoms with Gasteiger partial charge in [-0.3, -0.25) is 24.2 Å². The lowest BCUT2D eigenvalue weighted by molar-refractivity contribution is -0.193. The molecule has 5 heterocycles. The van der Waals surface area contributed by atoms with Crippen molar-refractivity contribution in [3.8, 4) is 0 Å². The maximum absolute atomic E-state index is 13.0. The van der Waals surface area contributed by atoms with E-state index in [2.05, 4.69) is 36.1 Å². The van der Waals surface area contributed by atoms with Crippen molar-refractivity contribution in [2.45, 2.75) is 38.5 Å². The maximum atomic E-state index is 13.0. The highest BCUT2D eigenvalue weighted by atomic mass is 35.5. The van der Waals surface area contributed by atoms with Crippen LogP contribution in [0.5, 0.6) is 0 Å². The molecule has 1 aromatic carbocycles. The van der Waals surface area contributed by atoms with Crippen LogP contribution < -0.4 is 16.0 Å². The van der Waals surface area contributed by atoms with E-state index in [1.807, 2.05) is 30.5 Å². The summed E-state index contributed by atoms with van der Waals surface area (Å²) in [5.41, 5.74) is 4.58. The Balaban J connectivity index is 0.000000362. The lowest BCUT2D eigenvalue weighted by Gasteiger charge is -2.38. The number of likely N-dealkylation sites (tertiary alicyclic amines) is 1. The van der Waals surface area contributed by atoms with E-state index in [1.54, 1.807) is 24.1 Å². The van der Waals surface area contributed by atoms with Crippen LogP contribution in [0.3, 0.4) is 0 Å². The first-order valence-corrected chi connectivity index (χ1v) is 15.2. The van der Waals surface area contributed by atoms with Crippen LogP contribution in [0.4, 0.5) is 55.2 Å². The molecule has 20 heteroatoms. The molecule has 0 unspecified atom stereocenters. The fraction of sp³-hybridized carbons (Fsp3) is 0.290. The minimum absolute atomic E-state index is 0.0864. The average Bonchev–Trinajstić information content (AvgIpc) is 3.48. The highest BCUT2D eigenvalue weighted by molar-refractivity contribution is 6.41. The number of pyridine rings is 1. The molecule has 2 amide bonds. The van der Waals surface area contributed by atoms with Gasteiger partial charge in [0.2, 0.25) is 11.9 Å². The third kappa shape index (κ3) is 9.35. The molecule has 3 aromatic heterocycles. The molecule has 0 saturated carbocycles. The van der Waals surface area contributed by atoms with Gasteiger partial charge in [0.25, 0.3) is 5.91 Å². The summed E-state index contributed by atoms with van der Waals surface area (Å²) in [5, 5.41) is 13.7. The molecular weight excluding hydrogens is 714 g/mol. The third-order valence-electron chi connectivity index (χ3n) is 7.41. The number of halogens is 7. The van der Waals surface area contributed by atoms with Crippen LogP contribution in [0.25, 0.3) is 0 Å². The van der Waals surface area contributed by atoms with Gasteiger partial charge in [-0.2, -0.15) is 31.3 Å². The number of hydrogen-bond acceptors (Lipinski definition) is 11. The molecule has 268 valence electrons. The molecule has 13 nitrogen and oxygen atoms in total. The fourth-order valence-corrected chi connectivity index (χ4v) is 5.11. The van der Waals surface area contributed by atoms with Gasteiger partial charge in [0.1, 0.15) is 10.8 Å². The van der Waals surface area contributed by atoms with Crippen LogP contribution in [0, 0.1) is 12.8 Å². The van der Waals surface area contributed by atoms with E-state index in [0.29, 0.717) is 54.2 Å². The van der Waals surface area contributed by atoms with Gasteiger partial charge in [-0.1, -0.05) is 16.8 Å². The number of anilines is 5. The van der Waals surface area contributed by atoms with Crippen LogP contribution in [0.15, 0.2) is 53.4 Å². The predicted molar refractivity (Wildman–Crippen MR) is 168 cm³/mol. The smallest absolute Gasteiger partial charge is 0.361 e. The first-order chi connectivity index (χ1) is 24.0. The van der Waals surface area contributed by atoms with Gasteiger partial charge in [0.15, 0.2) is 11.5 Å². The molecule has 51 heavy (non-hydrogen) atoms. The number of nitrogens with one attached hydrogen (secondary N) is 3. The number of benzene rings is 1. The summed E-state index contributed by atoms with van der Waals surface area (Å²) in [6.07, 6.45) is -4.76. The number of alkyl halides is 6. The minimum atomic E-state index is -5.77. The molecule has 2 aliphatic heterocycles. The second-order valence-electron chi connectivity index (χ2n) is 11.4. The number of amides is 2. The van der Waals surface area contributed by atoms with Crippen LogP contribution in [-0.2, 0) is 27.2 Å². The summed E-state index contributed by atoms with van der Waals surface area (Å²) in [7, 11) is 0. The predicted octanol–water partition coefficient (Wildman–Crippen LogP) is 5.76. The maximum Gasteiger partial charge on any atom is 0.458 e. The first-order valence-electron chi connectivity index (χ1n) is 14.8. The number of carbonyl (C=O) groups excluding carboxylic acids is 4.